The largest absolute Gasteiger partial charge is 0.488 e. The van der Waals surface area contributed by atoms with Crippen molar-refractivity contribution in [2.24, 2.45) is 0 Å². The number of carboxylic acid groups (broad SMARTS) is 1. The Bertz CT molecular complexity index is 667. The standard InChI is InChI=1S/C13H11F3O3S/c1-2-3-4-19-11-9(15)8(14)6-5-7(13(17)18)20-12(6)10(11)16/h5H,2-4H2,1H3,(H,17,18). The second-order valence-corrected chi connectivity index (χ2v) is 5.18. The molecule has 1 aromatic heterocycles. The first kappa shape index (κ1) is 14.6. The third kappa shape index (κ3) is 2.45. The summed E-state index contributed by atoms with van der Waals surface area (Å²) in [5.41, 5.74) is 0. The van der Waals surface area contributed by atoms with Crippen LogP contribution in [-0.4, -0.2) is 17.7 Å². The average molecular weight is 304 g/mol. The number of ether oxygens (including phenoxy) is 1. The summed E-state index contributed by atoms with van der Waals surface area (Å²) in [7, 11) is 0. The fourth-order valence-electron chi connectivity index (χ4n) is 1.69. The Morgan fingerprint density at radius 2 is 2.00 bits per heavy atom. The van der Waals surface area contributed by atoms with Gasteiger partial charge in [-0.2, -0.15) is 4.39 Å². The first-order chi connectivity index (χ1) is 9.47. The molecule has 0 radical (unpaired) electrons. The van der Waals surface area contributed by atoms with Crippen molar-refractivity contribution in [1.29, 1.82) is 0 Å². The first-order valence-corrected chi connectivity index (χ1v) is 6.75. The van der Waals surface area contributed by atoms with E-state index in [4.69, 9.17) is 9.84 Å². The second-order valence-electron chi connectivity index (χ2n) is 4.13. The van der Waals surface area contributed by atoms with E-state index in [9.17, 15) is 18.0 Å². The molecule has 0 saturated carbocycles. The fourth-order valence-corrected chi connectivity index (χ4v) is 2.61. The summed E-state index contributed by atoms with van der Waals surface area (Å²) in [4.78, 5) is 10.6. The maximum atomic E-state index is 14.1. The van der Waals surface area contributed by atoms with Gasteiger partial charge in [-0.25, -0.2) is 13.6 Å². The molecule has 0 unspecified atom stereocenters. The predicted octanol–water partition coefficient (Wildman–Crippen LogP) is 4.20. The maximum Gasteiger partial charge on any atom is 0.345 e. The number of halogens is 3. The molecule has 7 heteroatoms. The zero-order valence-corrected chi connectivity index (χ0v) is 11.3. The molecule has 0 amide bonds. The van der Waals surface area contributed by atoms with Crippen molar-refractivity contribution in [3.05, 3.63) is 28.4 Å². The van der Waals surface area contributed by atoms with Crippen LogP contribution in [0.4, 0.5) is 13.2 Å². The van der Waals surface area contributed by atoms with Crippen LogP contribution in [0.1, 0.15) is 29.4 Å². The number of thiophene rings is 1. The highest BCUT2D eigenvalue weighted by molar-refractivity contribution is 7.20. The number of hydrogen-bond donors (Lipinski definition) is 1. The van der Waals surface area contributed by atoms with Crippen molar-refractivity contribution in [3.8, 4) is 5.75 Å². The van der Waals surface area contributed by atoms with Gasteiger partial charge in [0.25, 0.3) is 0 Å². The Morgan fingerprint density at radius 1 is 1.30 bits per heavy atom. The number of unbranched alkanes of at least 4 members (excludes halogenated alkanes) is 1. The SMILES string of the molecule is CCCCOc1c(F)c(F)c2cc(C(=O)O)sc2c1F. The number of aromatic carboxylic acids is 1. The molecule has 0 saturated heterocycles. The van der Waals surface area contributed by atoms with E-state index in [0.29, 0.717) is 17.8 Å². The maximum absolute atomic E-state index is 14.1. The zero-order chi connectivity index (χ0) is 14.9. The second kappa shape index (κ2) is 5.70. The molecule has 0 aliphatic rings. The summed E-state index contributed by atoms with van der Waals surface area (Å²) in [6.45, 7) is 1.94. The number of hydrogen-bond acceptors (Lipinski definition) is 3. The number of benzene rings is 1. The molecule has 108 valence electrons. The van der Waals surface area contributed by atoms with Gasteiger partial charge in [0.15, 0.2) is 17.4 Å². The lowest BCUT2D eigenvalue weighted by Gasteiger charge is -2.09. The molecule has 0 aliphatic heterocycles. The van der Waals surface area contributed by atoms with Gasteiger partial charge < -0.3 is 9.84 Å². The van der Waals surface area contributed by atoms with Crippen LogP contribution in [0.2, 0.25) is 0 Å². The van der Waals surface area contributed by atoms with E-state index in [1.807, 2.05) is 6.92 Å². The Labute approximate surface area is 116 Å². The minimum Gasteiger partial charge on any atom is -0.488 e. The van der Waals surface area contributed by atoms with Crippen LogP contribution in [0.5, 0.6) is 5.75 Å². The molecule has 0 fully saturated rings. The molecule has 1 aromatic carbocycles. The molecule has 1 N–H and O–H groups in total. The van der Waals surface area contributed by atoms with E-state index in [1.165, 1.54) is 0 Å². The van der Waals surface area contributed by atoms with Crippen molar-refractivity contribution >= 4 is 27.4 Å². The number of carbonyl (C=O) groups is 1. The van der Waals surface area contributed by atoms with E-state index in [1.54, 1.807) is 0 Å². The van der Waals surface area contributed by atoms with Crippen molar-refractivity contribution in [3.63, 3.8) is 0 Å². The minimum absolute atomic E-state index is 0.0620. The Morgan fingerprint density at radius 3 is 2.60 bits per heavy atom. The van der Waals surface area contributed by atoms with Gasteiger partial charge in [0.05, 0.1) is 11.3 Å². The Balaban J connectivity index is 2.56. The van der Waals surface area contributed by atoms with Crippen LogP contribution in [-0.2, 0) is 0 Å². The summed E-state index contributed by atoms with van der Waals surface area (Å²) >= 11 is 0.547. The van der Waals surface area contributed by atoms with Gasteiger partial charge in [0.1, 0.15) is 4.88 Å². The first-order valence-electron chi connectivity index (χ1n) is 5.93. The van der Waals surface area contributed by atoms with E-state index in [0.717, 1.165) is 12.5 Å². The van der Waals surface area contributed by atoms with Crippen LogP contribution in [0.3, 0.4) is 0 Å². The quantitative estimate of drug-likeness (QED) is 0.665. The zero-order valence-electron chi connectivity index (χ0n) is 10.5. The van der Waals surface area contributed by atoms with Gasteiger partial charge >= 0.3 is 5.97 Å². The molecule has 2 aromatic rings. The summed E-state index contributed by atoms with van der Waals surface area (Å²) in [5, 5.41) is 8.44. The molecule has 1 heterocycles. The summed E-state index contributed by atoms with van der Waals surface area (Å²) in [6, 6.07) is 0.916. The van der Waals surface area contributed by atoms with Gasteiger partial charge in [-0.3, -0.25) is 0 Å². The molecule has 0 atom stereocenters. The highest BCUT2D eigenvalue weighted by atomic mass is 32.1. The predicted molar refractivity (Wildman–Crippen MR) is 69.1 cm³/mol. The van der Waals surface area contributed by atoms with E-state index >= 15 is 0 Å². The van der Waals surface area contributed by atoms with Crippen LogP contribution in [0.25, 0.3) is 10.1 Å². The third-order valence-electron chi connectivity index (χ3n) is 2.71. The van der Waals surface area contributed by atoms with Gasteiger partial charge in [0.2, 0.25) is 5.82 Å². The van der Waals surface area contributed by atoms with Crippen LogP contribution in [0, 0.1) is 17.5 Å². The van der Waals surface area contributed by atoms with Crippen molar-refractivity contribution in [2.75, 3.05) is 6.61 Å². The highest BCUT2D eigenvalue weighted by Gasteiger charge is 2.24. The lowest BCUT2D eigenvalue weighted by atomic mass is 10.2. The summed E-state index contributed by atoms with van der Waals surface area (Å²) in [6.07, 6.45) is 1.33. The van der Waals surface area contributed by atoms with Crippen molar-refractivity contribution in [1.82, 2.24) is 0 Å². The lowest BCUT2D eigenvalue weighted by molar-refractivity contribution is 0.0702. The third-order valence-corrected chi connectivity index (χ3v) is 3.83. The van der Waals surface area contributed by atoms with E-state index < -0.39 is 29.2 Å². The van der Waals surface area contributed by atoms with E-state index in [2.05, 4.69) is 0 Å². The summed E-state index contributed by atoms with van der Waals surface area (Å²) < 4.78 is 46.3. The molecular formula is C13H11F3O3S. The van der Waals surface area contributed by atoms with E-state index in [-0.39, 0.29) is 21.6 Å². The van der Waals surface area contributed by atoms with Gasteiger partial charge in [-0.1, -0.05) is 13.3 Å². The molecular weight excluding hydrogens is 293 g/mol. The smallest absolute Gasteiger partial charge is 0.345 e. The Hall–Kier alpha value is -1.76. The highest BCUT2D eigenvalue weighted by Crippen LogP contribution is 2.37. The number of fused-ring (bicyclic) bond motifs is 1. The minimum atomic E-state index is -1.43. The van der Waals surface area contributed by atoms with Crippen LogP contribution < -0.4 is 4.74 Å². The Kier molecular flexibility index (Phi) is 4.17. The lowest BCUT2D eigenvalue weighted by Crippen LogP contribution is -2.03. The molecule has 3 nitrogen and oxygen atoms in total. The number of carboxylic acids is 1. The van der Waals surface area contributed by atoms with Crippen molar-refractivity contribution in [2.45, 2.75) is 19.8 Å². The van der Waals surface area contributed by atoms with Gasteiger partial charge in [0, 0.05) is 5.39 Å². The van der Waals surface area contributed by atoms with Crippen LogP contribution in [0.15, 0.2) is 6.07 Å². The van der Waals surface area contributed by atoms with Gasteiger partial charge in [-0.15, -0.1) is 11.3 Å². The topological polar surface area (TPSA) is 46.5 Å². The molecule has 2 rings (SSSR count). The molecule has 0 aliphatic carbocycles. The van der Waals surface area contributed by atoms with Crippen molar-refractivity contribution < 1.29 is 27.8 Å². The van der Waals surface area contributed by atoms with Crippen LogP contribution >= 0.6 is 11.3 Å². The molecule has 0 bridgehead atoms. The summed E-state index contributed by atoms with van der Waals surface area (Å²) in [5.74, 6) is -5.90. The molecule has 0 spiro atoms. The monoisotopic (exact) mass is 304 g/mol. The normalized spacial score (nSPS) is 11.0. The average Bonchev–Trinajstić information content (AvgIpc) is 2.86. The van der Waals surface area contributed by atoms with Gasteiger partial charge in [-0.05, 0) is 12.5 Å². The molecule has 20 heavy (non-hydrogen) atoms. The fraction of sp³-hybridized carbons (Fsp3) is 0.308. The number of rotatable bonds is 5.